The maximum atomic E-state index is 13.2. The van der Waals surface area contributed by atoms with E-state index in [1.54, 1.807) is 0 Å². The van der Waals surface area contributed by atoms with Crippen molar-refractivity contribution >= 4 is 21.8 Å². The van der Waals surface area contributed by atoms with E-state index in [-0.39, 0.29) is 43.6 Å². The van der Waals surface area contributed by atoms with Crippen molar-refractivity contribution in [1.82, 2.24) is 10.0 Å². The van der Waals surface area contributed by atoms with Crippen LogP contribution in [-0.2, 0) is 24.3 Å². The summed E-state index contributed by atoms with van der Waals surface area (Å²) in [5, 5.41) is 2.06. The number of hydrogen-bond donors (Lipinski definition) is 2. The Kier molecular flexibility index (Phi) is 10.6. The molecular formula is C28H45F3N2O5S. The van der Waals surface area contributed by atoms with Crippen LogP contribution in [0.4, 0.5) is 13.2 Å². The number of ether oxygens (including phenoxy) is 1. The molecule has 4 aliphatic carbocycles. The molecular weight excluding hydrogens is 533 g/mol. The molecule has 2 N–H and O–H groups in total. The number of alkyl halides is 3. The minimum absolute atomic E-state index is 0.0159. The molecule has 0 bridgehead atoms. The fourth-order valence-corrected chi connectivity index (χ4v) is 8.79. The van der Waals surface area contributed by atoms with Gasteiger partial charge >= 0.3 is 6.18 Å². The minimum Gasteiger partial charge on any atom is -0.378 e. The fraction of sp³-hybridized carbons (Fsp3) is 0.929. The van der Waals surface area contributed by atoms with Gasteiger partial charge in [-0.25, -0.2) is 8.42 Å². The predicted octanol–water partition coefficient (Wildman–Crippen LogP) is 5.38. The van der Waals surface area contributed by atoms with Crippen molar-refractivity contribution in [2.45, 2.75) is 133 Å². The maximum absolute atomic E-state index is 13.2. The molecule has 4 fully saturated rings. The first-order chi connectivity index (χ1) is 18.5. The minimum atomic E-state index is -4.29. The van der Waals surface area contributed by atoms with Crippen LogP contribution >= 0.6 is 0 Å². The van der Waals surface area contributed by atoms with Crippen molar-refractivity contribution in [3.8, 4) is 0 Å². The second-order valence-electron chi connectivity index (χ2n) is 12.4. The van der Waals surface area contributed by atoms with Crippen molar-refractivity contribution in [3.63, 3.8) is 0 Å². The fourth-order valence-electron chi connectivity index (χ4n) is 7.08. The van der Waals surface area contributed by atoms with Gasteiger partial charge in [0.2, 0.25) is 21.8 Å². The summed E-state index contributed by atoms with van der Waals surface area (Å²) in [6.07, 6.45) is 7.19. The Hall–Kier alpha value is -1.36. The molecule has 4 aliphatic rings. The van der Waals surface area contributed by atoms with Gasteiger partial charge in [-0.15, -0.1) is 0 Å². The topological polar surface area (TPSA) is 102 Å². The van der Waals surface area contributed by atoms with Gasteiger partial charge in [0.15, 0.2) is 0 Å². The lowest BCUT2D eigenvalue weighted by Crippen LogP contribution is -2.54. The molecule has 0 aliphatic heterocycles. The summed E-state index contributed by atoms with van der Waals surface area (Å²) in [7, 11) is -4.09. The molecule has 39 heavy (non-hydrogen) atoms. The van der Waals surface area contributed by atoms with Gasteiger partial charge in [-0.1, -0.05) is 38.5 Å². The molecule has 224 valence electrons. The van der Waals surface area contributed by atoms with Crippen LogP contribution in [0.1, 0.15) is 109 Å². The molecule has 7 nitrogen and oxygen atoms in total. The van der Waals surface area contributed by atoms with Gasteiger partial charge in [-0.3, -0.25) is 14.3 Å². The molecule has 0 aromatic rings. The van der Waals surface area contributed by atoms with Gasteiger partial charge in [0.25, 0.3) is 0 Å². The summed E-state index contributed by atoms with van der Waals surface area (Å²) in [6, 6.07) is -0.596. The Morgan fingerprint density at radius 3 is 2.10 bits per heavy atom. The van der Waals surface area contributed by atoms with E-state index in [1.165, 1.54) is 32.1 Å². The lowest BCUT2D eigenvalue weighted by Gasteiger charge is -2.35. The maximum Gasteiger partial charge on any atom is 0.391 e. The zero-order valence-electron chi connectivity index (χ0n) is 22.9. The Morgan fingerprint density at radius 2 is 1.41 bits per heavy atom. The highest BCUT2D eigenvalue weighted by Gasteiger charge is 2.44. The summed E-state index contributed by atoms with van der Waals surface area (Å²) in [6.45, 7) is 0.750. The number of sulfonamides is 1. The van der Waals surface area contributed by atoms with E-state index in [2.05, 4.69) is 10.0 Å². The molecule has 0 aromatic heterocycles. The Balaban J connectivity index is 1.28. The van der Waals surface area contributed by atoms with E-state index < -0.39 is 45.2 Å². The second kappa shape index (κ2) is 13.5. The van der Waals surface area contributed by atoms with Crippen molar-refractivity contribution in [2.75, 3.05) is 6.61 Å². The Morgan fingerprint density at radius 1 is 0.744 bits per heavy atom. The average molecular weight is 579 g/mol. The lowest BCUT2D eigenvalue weighted by molar-refractivity contribution is -0.184. The van der Waals surface area contributed by atoms with Crippen molar-refractivity contribution in [3.05, 3.63) is 0 Å². The molecule has 11 heteroatoms. The van der Waals surface area contributed by atoms with Crippen molar-refractivity contribution < 1.29 is 35.9 Å². The van der Waals surface area contributed by atoms with E-state index in [9.17, 15) is 31.2 Å². The number of halogens is 3. The van der Waals surface area contributed by atoms with Crippen LogP contribution in [0.3, 0.4) is 0 Å². The van der Waals surface area contributed by atoms with Crippen LogP contribution in [0, 0.1) is 23.7 Å². The van der Waals surface area contributed by atoms with Crippen LogP contribution < -0.4 is 10.0 Å². The Labute approximate surface area is 230 Å². The van der Waals surface area contributed by atoms with Gasteiger partial charge in [0.05, 0.1) is 12.0 Å². The third-order valence-corrected chi connectivity index (χ3v) is 11.4. The van der Waals surface area contributed by atoms with Crippen LogP contribution in [0.5, 0.6) is 0 Å². The van der Waals surface area contributed by atoms with E-state index in [0.717, 1.165) is 32.3 Å². The van der Waals surface area contributed by atoms with Gasteiger partial charge in [-0.2, -0.15) is 13.2 Å². The van der Waals surface area contributed by atoms with Gasteiger partial charge in [0, 0.05) is 24.5 Å². The molecule has 0 heterocycles. The number of carbonyl (C=O) groups is 2. The van der Waals surface area contributed by atoms with Crippen molar-refractivity contribution in [1.29, 1.82) is 0 Å². The highest BCUT2D eigenvalue weighted by atomic mass is 32.2. The molecule has 0 aromatic carbocycles. The summed E-state index contributed by atoms with van der Waals surface area (Å²) < 4.78 is 73.7. The van der Waals surface area contributed by atoms with Crippen LogP contribution in [0.25, 0.3) is 0 Å². The zero-order valence-corrected chi connectivity index (χ0v) is 23.7. The third kappa shape index (κ3) is 8.57. The predicted molar refractivity (Wildman–Crippen MR) is 141 cm³/mol. The van der Waals surface area contributed by atoms with Crippen LogP contribution in [0.15, 0.2) is 0 Å². The van der Waals surface area contributed by atoms with Gasteiger partial charge in [-0.05, 0) is 76.5 Å². The molecule has 0 radical (unpaired) electrons. The van der Waals surface area contributed by atoms with E-state index in [1.807, 2.05) is 0 Å². The third-order valence-electron chi connectivity index (χ3n) is 9.52. The van der Waals surface area contributed by atoms with Crippen LogP contribution in [0.2, 0.25) is 0 Å². The van der Waals surface area contributed by atoms with E-state index >= 15 is 0 Å². The first kappa shape index (κ1) is 30.6. The molecule has 4 rings (SSSR count). The van der Waals surface area contributed by atoms with Crippen LogP contribution in [-0.4, -0.2) is 50.4 Å². The quantitative estimate of drug-likeness (QED) is 0.403. The molecule has 2 amide bonds. The van der Waals surface area contributed by atoms with Gasteiger partial charge in [0.1, 0.15) is 5.25 Å². The lowest BCUT2D eigenvalue weighted by atomic mass is 9.81. The SMILES string of the molecule is O=C(NC1CCCCC1S(=O)(=O)NC(=O)C1CCC(C(F)(F)F)CC1)C1CCCC(OCC2CCCCC2)C1. The Bertz CT molecular complexity index is 930. The standard InChI is InChI=1S/C28H45F3N2O5S/c29-28(30,31)22-15-13-20(14-16-22)27(35)33-39(36,37)25-12-5-4-11-24(25)32-26(34)21-9-6-10-23(17-21)38-18-19-7-2-1-3-8-19/h19-25H,1-18H2,(H,32,34)(H,33,35). The monoisotopic (exact) mass is 578 g/mol. The first-order valence-electron chi connectivity index (χ1n) is 15.1. The van der Waals surface area contributed by atoms with E-state index in [0.29, 0.717) is 31.6 Å². The summed E-state index contributed by atoms with van der Waals surface area (Å²) in [5.74, 6) is -2.67. The number of nitrogens with one attached hydrogen (secondary N) is 2. The number of hydrogen-bond acceptors (Lipinski definition) is 5. The first-order valence-corrected chi connectivity index (χ1v) is 16.6. The highest BCUT2D eigenvalue weighted by molar-refractivity contribution is 7.90. The second-order valence-corrected chi connectivity index (χ2v) is 14.3. The summed E-state index contributed by atoms with van der Waals surface area (Å²) in [5.41, 5.74) is 0. The number of rotatable bonds is 8. The molecule has 4 unspecified atom stereocenters. The molecule has 4 atom stereocenters. The number of carbonyl (C=O) groups excluding carboxylic acids is 2. The number of amides is 2. The highest BCUT2D eigenvalue weighted by Crippen LogP contribution is 2.40. The van der Waals surface area contributed by atoms with E-state index in [4.69, 9.17) is 4.74 Å². The summed E-state index contributed by atoms with van der Waals surface area (Å²) >= 11 is 0. The summed E-state index contributed by atoms with van der Waals surface area (Å²) in [4.78, 5) is 26.0. The average Bonchev–Trinajstić information content (AvgIpc) is 2.92. The van der Waals surface area contributed by atoms with Crippen molar-refractivity contribution in [2.24, 2.45) is 23.7 Å². The zero-order chi connectivity index (χ0) is 28.0. The van der Waals surface area contributed by atoms with Gasteiger partial charge < -0.3 is 10.1 Å². The molecule has 0 spiro atoms. The molecule has 4 saturated carbocycles. The largest absolute Gasteiger partial charge is 0.391 e. The normalized spacial score (nSPS) is 33.3. The smallest absolute Gasteiger partial charge is 0.378 e. The molecule has 0 saturated heterocycles.